The highest BCUT2D eigenvalue weighted by Gasteiger charge is 2.09. The van der Waals surface area contributed by atoms with Crippen LogP contribution in [0, 0.1) is 0 Å². The van der Waals surface area contributed by atoms with Gasteiger partial charge in [0, 0.05) is 17.6 Å². The number of carbonyl (C=O) groups is 1. The van der Waals surface area contributed by atoms with E-state index in [1.165, 1.54) is 16.2 Å². The van der Waals surface area contributed by atoms with Gasteiger partial charge in [0.05, 0.1) is 12.1 Å². The third kappa shape index (κ3) is 2.20. The summed E-state index contributed by atoms with van der Waals surface area (Å²) < 4.78 is 0. The highest BCUT2D eigenvalue weighted by molar-refractivity contribution is 7.09. The second-order valence-corrected chi connectivity index (χ2v) is 3.24. The Kier molecular flexibility index (Phi) is 3.04. The molecule has 1 N–H and O–H groups in total. The van der Waals surface area contributed by atoms with Crippen molar-refractivity contribution in [3.05, 3.63) is 16.6 Å². The van der Waals surface area contributed by atoms with Gasteiger partial charge in [0.2, 0.25) is 0 Å². The van der Waals surface area contributed by atoms with E-state index in [2.05, 4.69) is 4.98 Å². The zero-order valence-corrected chi connectivity index (χ0v) is 7.54. The number of hydrogen-bond acceptors (Lipinski definition) is 3. The number of hydrogen-bond donors (Lipinski definition) is 1. The summed E-state index contributed by atoms with van der Waals surface area (Å²) in [6, 6.07) is 0. The molecule has 1 aromatic rings. The number of carboxylic acid groups (broad SMARTS) is 1. The van der Waals surface area contributed by atoms with Crippen molar-refractivity contribution in [2.45, 2.75) is 13.5 Å². The molecule has 4 nitrogen and oxygen atoms in total. The molecule has 1 aromatic heterocycles. The summed E-state index contributed by atoms with van der Waals surface area (Å²) in [5.41, 5.74) is 1.70. The van der Waals surface area contributed by atoms with E-state index in [0.717, 1.165) is 4.88 Å². The van der Waals surface area contributed by atoms with Gasteiger partial charge in [0.25, 0.3) is 0 Å². The molecule has 0 aromatic carbocycles. The van der Waals surface area contributed by atoms with Crippen LogP contribution in [0.5, 0.6) is 0 Å². The molecule has 5 heteroatoms. The molecule has 1 rings (SSSR count). The van der Waals surface area contributed by atoms with Crippen LogP contribution in [-0.4, -0.2) is 27.6 Å². The van der Waals surface area contributed by atoms with Crippen molar-refractivity contribution >= 4 is 17.4 Å². The van der Waals surface area contributed by atoms with Crippen molar-refractivity contribution in [3.63, 3.8) is 0 Å². The molecule has 0 radical (unpaired) electrons. The first-order chi connectivity index (χ1) is 5.74. The minimum absolute atomic E-state index is 0.441. The van der Waals surface area contributed by atoms with E-state index in [1.54, 1.807) is 11.7 Å². The van der Waals surface area contributed by atoms with Crippen LogP contribution in [0.2, 0.25) is 0 Å². The first-order valence-electron chi connectivity index (χ1n) is 3.59. The maximum atomic E-state index is 10.6. The van der Waals surface area contributed by atoms with Crippen molar-refractivity contribution in [1.82, 2.24) is 9.88 Å². The Morgan fingerprint density at radius 3 is 3.00 bits per heavy atom. The minimum atomic E-state index is -0.883. The Morgan fingerprint density at radius 1 is 1.83 bits per heavy atom. The summed E-state index contributed by atoms with van der Waals surface area (Å²) in [5.74, 6) is 0. The summed E-state index contributed by atoms with van der Waals surface area (Å²) >= 11 is 1.47. The molecular formula is C7H10N2O2S. The summed E-state index contributed by atoms with van der Waals surface area (Å²) in [7, 11) is 0. The predicted molar refractivity (Wildman–Crippen MR) is 46.2 cm³/mol. The van der Waals surface area contributed by atoms with Gasteiger partial charge < -0.3 is 10.0 Å². The quantitative estimate of drug-likeness (QED) is 0.780. The van der Waals surface area contributed by atoms with Gasteiger partial charge in [0.1, 0.15) is 0 Å². The lowest BCUT2D eigenvalue weighted by Crippen LogP contribution is -2.27. The standard InChI is InChI=1S/C7H10N2O2S/c1-2-9(7(10)11)4-6-3-8-5-12-6/h3,5H,2,4H2,1H3,(H,10,11). The first-order valence-corrected chi connectivity index (χ1v) is 4.47. The molecule has 0 unspecified atom stereocenters. The van der Waals surface area contributed by atoms with Crippen LogP contribution < -0.4 is 0 Å². The molecule has 0 saturated carbocycles. The van der Waals surface area contributed by atoms with Gasteiger partial charge in [-0.15, -0.1) is 11.3 Å². The van der Waals surface area contributed by atoms with Crippen molar-refractivity contribution in [2.24, 2.45) is 0 Å². The molecule has 12 heavy (non-hydrogen) atoms. The van der Waals surface area contributed by atoms with E-state index in [0.29, 0.717) is 13.1 Å². The zero-order chi connectivity index (χ0) is 8.97. The van der Waals surface area contributed by atoms with Crippen LogP contribution in [0.4, 0.5) is 4.79 Å². The second kappa shape index (κ2) is 4.06. The molecule has 0 aliphatic carbocycles. The molecule has 1 heterocycles. The molecule has 0 aliphatic rings. The average molecular weight is 186 g/mol. The molecule has 0 spiro atoms. The first kappa shape index (κ1) is 8.99. The van der Waals surface area contributed by atoms with E-state index in [9.17, 15) is 4.79 Å². The smallest absolute Gasteiger partial charge is 0.407 e. The summed E-state index contributed by atoms with van der Waals surface area (Å²) in [6.45, 7) is 2.76. The van der Waals surface area contributed by atoms with E-state index in [1.807, 2.05) is 6.92 Å². The van der Waals surface area contributed by atoms with E-state index < -0.39 is 6.09 Å². The SMILES string of the molecule is CCN(Cc1cncs1)C(=O)O. The van der Waals surface area contributed by atoms with Gasteiger partial charge in [-0.25, -0.2) is 4.79 Å². The molecule has 0 bridgehead atoms. The normalized spacial score (nSPS) is 9.75. The lowest BCUT2D eigenvalue weighted by molar-refractivity contribution is 0.145. The van der Waals surface area contributed by atoms with Crippen molar-refractivity contribution in [1.29, 1.82) is 0 Å². The van der Waals surface area contributed by atoms with Crippen LogP contribution in [0.15, 0.2) is 11.7 Å². The van der Waals surface area contributed by atoms with Crippen LogP contribution >= 0.6 is 11.3 Å². The van der Waals surface area contributed by atoms with Gasteiger partial charge in [-0.2, -0.15) is 0 Å². The summed E-state index contributed by atoms with van der Waals surface area (Å²) in [5, 5.41) is 8.68. The highest BCUT2D eigenvalue weighted by atomic mass is 32.1. The van der Waals surface area contributed by atoms with Crippen LogP contribution in [-0.2, 0) is 6.54 Å². The highest BCUT2D eigenvalue weighted by Crippen LogP contribution is 2.08. The molecule has 0 fully saturated rings. The van der Waals surface area contributed by atoms with Crippen molar-refractivity contribution < 1.29 is 9.90 Å². The van der Waals surface area contributed by atoms with Crippen LogP contribution in [0.25, 0.3) is 0 Å². The fourth-order valence-electron chi connectivity index (χ4n) is 0.823. The lowest BCUT2D eigenvalue weighted by atomic mass is 10.5. The van der Waals surface area contributed by atoms with Crippen LogP contribution in [0.1, 0.15) is 11.8 Å². The third-order valence-corrected chi connectivity index (χ3v) is 2.25. The largest absolute Gasteiger partial charge is 0.465 e. The monoisotopic (exact) mass is 186 g/mol. The van der Waals surface area contributed by atoms with Gasteiger partial charge in [-0.3, -0.25) is 4.98 Å². The molecule has 0 atom stereocenters. The number of amides is 1. The molecule has 0 saturated heterocycles. The Bertz CT molecular complexity index is 248. The van der Waals surface area contributed by atoms with Crippen molar-refractivity contribution in [2.75, 3.05) is 6.54 Å². The predicted octanol–water partition coefficient (Wildman–Crippen LogP) is 1.64. The number of rotatable bonds is 3. The number of aromatic nitrogens is 1. The third-order valence-electron chi connectivity index (χ3n) is 1.48. The Hall–Kier alpha value is -1.10. The summed E-state index contributed by atoms with van der Waals surface area (Å²) in [6.07, 6.45) is 0.807. The van der Waals surface area contributed by atoms with E-state index in [-0.39, 0.29) is 0 Å². The van der Waals surface area contributed by atoms with Gasteiger partial charge in [-0.1, -0.05) is 0 Å². The second-order valence-electron chi connectivity index (χ2n) is 2.26. The topological polar surface area (TPSA) is 53.4 Å². The Balaban J connectivity index is 2.54. The fraction of sp³-hybridized carbons (Fsp3) is 0.429. The molecule has 0 aliphatic heterocycles. The van der Waals surface area contributed by atoms with Gasteiger partial charge >= 0.3 is 6.09 Å². The lowest BCUT2D eigenvalue weighted by Gasteiger charge is -2.14. The molecule has 66 valence electrons. The van der Waals surface area contributed by atoms with Crippen LogP contribution in [0.3, 0.4) is 0 Å². The van der Waals surface area contributed by atoms with Crippen molar-refractivity contribution in [3.8, 4) is 0 Å². The number of nitrogens with zero attached hydrogens (tertiary/aromatic N) is 2. The maximum Gasteiger partial charge on any atom is 0.407 e. The minimum Gasteiger partial charge on any atom is -0.465 e. The molecular weight excluding hydrogens is 176 g/mol. The fourth-order valence-corrected chi connectivity index (χ4v) is 1.43. The maximum absolute atomic E-state index is 10.6. The number of thiazole rings is 1. The Morgan fingerprint density at radius 2 is 2.58 bits per heavy atom. The average Bonchev–Trinajstić information content (AvgIpc) is 2.51. The molecule has 1 amide bonds. The van der Waals surface area contributed by atoms with E-state index in [4.69, 9.17) is 5.11 Å². The Labute approximate surface area is 74.5 Å². The summed E-state index contributed by atoms with van der Waals surface area (Å²) in [4.78, 5) is 16.7. The zero-order valence-electron chi connectivity index (χ0n) is 6.73. The van der Waals surface area contributed by atoms with Gasteiger partial charge in [0.15, 0.2) is 0 Å². The van der Waals surface area contributed by atoms with E-state index >= 15 is 0 Å². The van der Waals surface area contributed by atoms with Gasteiger partial charge in [-0.05, 0) is 6.92 Å².